The van der Waals surface area contributed by atoms with E-state index < -0.39 is 39.7 Å². The number of sulfonamides is 1. The van der Waals surface area contributed by atoms with Gasteiger partial charge in [0, 0.05) is 12.0 Å². The summed E-state index contributed by atoms with van der Waals surface area (Å²) < 4.78 is 26.8. The molecule has 10 nitrogen and oxygen atoms in total. The number of nitrogens with one attached hydrogen (secondary N) is 2. The van der Waals surface area contributed by atoms with Crippen LogP contribution in [0.15, 0.2) is 28.6 Å². The molecule has 0 radical (unpaired) electrons. The van der Waals surface area contributed by atoms with Crippen molar-refractivity contribution >= 4 is 45.0 Å². The van der Waals surface area contributed by atoms with E-state index in [1.807, 2.05) is 0 Å². The van der Waals surface area contributed by atoms with Gasteiger partial charge in [-0.1, -0.05) is 11.8 Å². The third-order valence-electron chi connectivity index (χ3n) is 4.89. The molecule has 12 heteroatoms. The van der Waals surface area contributed by atoms with Crippen LogP contribution in [0, 0.1) is 18.8 Å². The van der Waals surface area contributed by atoms with Gasteiger partial charge in [-0.3, -0.25) is 29.4 Å². The van der Waals surface area contributed by atoms with Crippen molar-refractivity contribution in [2.75, 3.05) is 6.54 Å². The molecule has 1 unspecified atom stereocenters. The predicted molar refractivity (Wildman–Crippen MR) is 112 cm³/mol. The molecule has 0 spiro atoms. The number of fused-ring (bicyclic) bond motifs is 1. The summed E-state index contributed by atoms with van der Waals surface area (Å²) in [7, 11) is -3.71. The Kier molecular flexibility index (Phi) is 5.64. The summed E-state index contributed by atoms with van der Waals surface area (Å²) in [4.78, 5) is 53.7. The van der Waals surface area contributed by atoms with Crippen molar-refractivity contribution in [2.45, 2.75) is 30.0 Å². The number of rotatable bonds is 4. The Hall–Kier alpha value is -3.40. The quantitative estimate of drug-likeness (QED) is 0.477. The molecule has 4 rings (SSSR count). The molecule has 2 aromatic rings. The molecule has 164 valence electrons. The average Bonchev–Trinajstić information content (AvgIpc) is 3.28. The highest BCUT2D eigenvalue weighted by Crippen LogP contribution is 2.28. The second-order valence-electron chi connectivity index (χ2n) is 7.03. The van der Waals surface area contributed by atoms with Crippen molar-refractivity contribution in [2.24, 2.45) is 0 Å². The Morgan fingerprint density at radius 2 is 1.97 bits per heavy atom. The van der Waals surface area contributed by atoms with E-state index in [1.54, 1.807) is 6.92 Å². The molecule has 2 N–H and O–H groups in total. The zero-order chi connectivity index (χ0) is 23.0. The monoisotopic (exact) mass is 472 g/mol. The van der Waals surface area contributed by atoms with Crippen molar-refractivity contribution in [1.29, 1.82) is 0 Å². The minimum Gasteiger partial charge on any atom is -0.295 e. The molecule has 1 aromatic heterocycles. The number of aromatic nitrogens is 1. The first-order valence-corrected chi connectivity index (χ1v) is 11.7. The lowest BCUT2D eigenvalue weighted by atomic mass is 10.0. The van der Waals surface area contributed by atoms with E-state index in [1.165, 1.54) is 24.4 Å². The van der Waals surface area contributed by atoms with Crippen LogP contribution in [0.1, 0.15) is 44.1 Å². The first-order valence-electron chi connectivity index (χ1n) is 9.44. The highest BCUT2D eigenvalue weighted by atomic mass is 32.2. The predicted octanol–water partition coefficient (Wildman–Crippen LogP) is 0.183. The summed E-state index contributed by atoms with van der Waals surface area (Å²) in [5, 5.41) is 2.76. The highest BCUT2D eigenvalue weighted by Gasteiger charge is 2.44. The Balaban J connectivity index is 1.48. The van der Waals surface area contributed by atoms with Crippen LogP contribution in [-0.4, -0.2) is 54.5 Å². The molecule has 2 aliphatic rings. The fourth-order valence-electron chi connectivity index (χ4n) is 3.36. The molecule has 0 bridgehead atoms. The second kappa shape index (κ2) is 8.27. The van der Waals surface area contributed by atoms with E-state index in [0.717, 1.165) is 16.2 Å². The molecule has 4 amide bonds. The van der Waals surface area contributed by atoms with Gasteiger partial charge in [-0.25, -0.2) is 13.4 Å². The van der Waals surface area contributed by atoms with Crippen molar-refractivity contribution < 1.29 is 27.6 Å². The lowest BCUT2D eigenvalue weighted by Gasteiger charge is -2.27. The van der Waals surface area contributed by atoms with E-state index in [0.29, 0.717) is 10.6 Å². The number of piperidine rings is 1. The minimum atomic E-state index is -3.71. The van der Waals surface area contributed by atoms with E-state index in [4.69, 9.17) is 0 Å². The van der Waals surface area contributed by atoms with Gasteiger partial charge in [0.2, 0.25) is 11.8 Å². The zero-order valence-corrected chi connectivity index (χ0v) is 18.3. The first-order chi connectivity index (χ1) is 15.2. The average molecular weight is 473 g/mol. The molecule has 3 heterocycles. The summed E-state index contributed by atoms with van der Waals surface area (Å²) >= 11 is 1.04. The SMILES string of the molecule is Cc1ncc(S(=O)(=O)NCC#Cc2ccc3c(c2)C(=O)N(C2CCC(=O)NC2=O)C3=O)s1. The van der Waals surface area contributed by atoms with Gasteiger partial charge in [0.05, 0.1) is 28.9 Å². The van der Waals surface area contributed by atoms with Crippen molar-refractivity contribution in [3.05, 3.63) is 46.1 Å². The molecule has 0 saturated carbocycles. The van der Waals surface area contributed by atoms with Crippen LogP contribution >= 0.6 is 11.3 Å². The Morgan fingerprint density at radius 3 is 2.66 bits per heavy atom. The number of amides is 4. The fourth-order valence-corrected chi connectivity index (χ4v) is 5.44. The summed E-state index contributed by atoms with van der Waals surface area (Å²) in [6.07, 6.45) is 1.38. The van der Waals surface area contributed by atoms with Crippen LogP contribution < -0.4 is 10.0 Å². The summed E-state index contributed by atoms with van der Waals surface area (Å²) in [5.41, 5.74) is 0.654. The van der Waals surface area contributed by atoms with Crippen LogP contribution in [0.25, 0.3) is 0 Å². The van der Waals surface area contributed by atoms with E-state index in [-0.39, 0.29) is 34.7 Å². The molecule has 1 atom stereocenters. The summed E-state index contributed by atoms with van der Waals surface area (Å²) in [6.45, 7) is 1.54. The molecule has 0 aliphatic carbocycles. The second-order valence-corrected chi connectivity index (χ2v) is 10.3. The fraction of sp³-hybridized carbons (Fsp3) is 0.250. The Morgan fingerprint density at radius 1 is 1.22 bits per heavy atom. The van der Waals surface area contributed by atoms with Gasteiger partial charge in [0.1, 0.15) is 6.04 Å². The van der Waals surface area contributed by atoms with Crippen LogP contribution in [-0.2, 0) is 19.6 Å². The third kappa shape index (κ3) is 4.05. The molecule has 1 aromatic carbocycles. The Bertz CT molecular complexity index is 1340. The standard InChI is InChI=1S/C20H16N4O6S2/c1-11-21-10-17(31-11)32(29,30)22-8-2-3-12-4-5-13-14(9-12)20(28)24(19(13)27)15-6-7-16(25)23-18(15)26/h4-5,9-10,15,22H,6-8H2,1H3,(H,23,25,26). The van der Waals surface area contributed by atoms with Crippen LogP contribution in [0.2, 0.25) is 0 Å². The van der Waals surface area contributed by atoms with Gasteiger partial charge in [-0.15, -0.1) is 11.3 Å². The van der Waals surface area contributed by atoms with Gasteiger partial charge >= 0.3 is 0 Å². The number of thiazole rings is 1. The van der Waals surface area contributed by atoms with Gasteiger partial charge in [0.15, 0.2) is 4.21 Å². The highest BCUT2D eigenvalue weighted by molar-refractivity contribution is 7.91. The lowest BCUT2D eigenvalue weighted by molar-refractivity contribution is -0.136. The van der Waals surface area contributed by atoms with Gasteiger partial charge in [0.25, 0.3) is 21.8 Å². The molecular formula is C20H16N4O6S2. The summed E-state index contributed by atoms with van der Waals surface area (Å²) in [5.74, 6) is 3.06. The van der Waals surface area contributed by atoms with Crippen molar-refractivity contribution in [3.8, 4) is 11.8 Å². The number of hydrogen-bond acceptors (Lipinski definition) is 8. The van der Waals surface area contributed by atoms with E-state index >= 15 is 0 Å². The molecule has 1 saturated heterocycles. The number of carbonyl (C=O) groups is 4. The van der Waals surface area contributed by atoms with Crippen molar-refractivity contribution in [1.82, 2.24) is 19.9 Å². The smallest absolute Gasteiger partial charge is 0.262 e. The lowest BCUT2D eigenvalue weighted by Crippen LogP contribution is -2.54. The van der Waals surface area contributed by atoms with E-state index in [9.17, 15) is 27.6 Å². The largest absolute Gasteiger partial charge is 0.295 e. The topological polar surface area (TPSA) is 143 Å². The normalized spacial score (nSPS) is 18.3. The number of aryl methyl sites for hydroxylation is 1. The maximum Gasteiger partial charge on any atom is 0.262 e. The van der Waals surface area contributed by atoms with Crippen LogP contribution in [0.3, 0.4) is 0 Å². The van der Waals surface area contributed by atoms with Gasteiger partial charge < -0.3 is 0 Å². The van der Waals surface area contributed by atoms with Crippen LogP contribution in [0.4, 0.5) is 0 Å². The number of carbonyl (C=O) groups excluding carboxylic acids is 4. The van der Waals surface area contributed by atoms with Gasteiger partial charge in [-0.05, 0) is 31.5 Å². The summed E-state index contributed by atoms with van der Waals surface area (Å²) in [6, 6.07) is 3.36. The zero-order valence-electron chi connectivity index (χ0n) is 16.7. The molecule has 2 aliphatic heterocycles. The van der Waals surface area contributed by atoms with Gasteiger partial charge in [-0.2, -0.15) is 4.72 Å². The van der Waals surface area contributed by atoms with Crippen molar-refractivity contribution in [3.63, 3.8) is 0 Å². The Labute approximate surface area is 187 Å². The number of benzene rings is 1. The first kappa shape index (κ1) is 21.8. The number of imide groups is 2. The maximum absolute atomic E-state index is 12.8. The maximum atomic E-state index is 12.8. The third-order valence-corrected chi connectivity index (χ3v) is 7.66. The molecule has 1 fully saturated rings. The molecular weight excluding hydrogens is 456 g/mol. The molecule has 32 heavy (non-hydrogen) atoms. The van der Waals surface area contributed by atoms with Crippen LogP contribution in [0.5, 0.6) is 0 Å². The number of nitrogens with zero attached hydrogens (tertiary/aromatic N) is 2. The minimum absolute atomic E-state index is 0.0392. The van der Waals surface area contributed by atoms with E-state index in [2.05, 4.69) is 26.9 Å². The number of hydrogen-bond donors (Lipinski definition) is 2.